The lowest BCUT2D eigenvalue weighted by molar-refractivity contribution is 0.0925. The minimum atomic E-state index is -0.255. The molecule has 0 aliphatic heterocycles. The zero-order valence-corrected chi connectivity index (χ0v) is 13.9. The Morgan fingerprint density at radius 1 is 1.00 bits per heavy atom. The summed E-state index contributed by atoms with van der Waals surface area (Å²) >= 11 is 0. The lowest BCUT2D eigenvalue weighted by atomic mass is 10.1. The Kier molecular flexibility index (Phi) is 5.46. The van der Waals surface area contributed by atoms with Crippen molar-refractivity contribution >= 4 is 17.5 Å². The summed E-state index contributed by atoms with van der Waals surface area (Å²) in [7, 11) is 0. The fourth-order valence-electron chi connectivity index (χ4n) is 2.88. The maximum absolute atomic E-state index is 12.7. The van der Waals surface area contributed by atoms with E-state index in [4.69, 9.17) is 0 Å². The van der Waals surface area contributed by atoms with E-state index in [-0.39, 0.29) is 24.5 Å². The maximum atomic E-state index is 12.7. The summed E-state index contributed by atoms with van der Waals surface area (Å²) in [4.78, 5) is 25.0. The predicted octanol–water partition coefficient (Wildman–Crippen LogP) is 2.83. The Labute approximate surface area is 147 Å². The summed E-state index contributed by atoms with van der Waals surface area (Å²) < 4.78 is 0. The number of carbonyl (C=O) groups excluding carboxylic acids is 2. The number of benzene rings is 2. The van der Waals surface area contributed by atoms with Gasteiger partial charge in [0, 0.05) is 18.2 Å². The average molecular weight is 338 g/mol. The Morgan fingerprint density at radius 2 is 1.68 bits per heavy atom. The molecular weight excluding hydrogens is 316 g/mol. The molecule has 1 aliphatic carbocycles. The third-order valence-corrected chi connectivity index (χ3v) is 4.40. The highest BCUT2D eigenvalue weighted by Gasteiger charge is 2.32. The Bertz CT molecular complexity index is 742. The van der Waals surface area contributed by atoms with Gasteiger partial charge in [-0.2, -0.15) is 0 Å². The largest absolute Gasteiger partial charge is 0.396 e. The molecule has 3 N–H and O–H groups in total. The fraction of sp³-hybridized carbons (Fsp3) is 0.300. The van der Waals surface area contributed by atoms with Crippen molar-refractivity contribution in [2.24, 2.45) is 5.92 Å². The topological polar surface area (TPSA) is 78.4 Å². The molecule has 3 rings (SSSR count). The van der Waals surface area contributed by atoms with Crippen molar-refractivity contribution in [2.45, 2.75) is 25.3 Å². The van der Waals surface area contributed by atoms with Gasteiger partial charge < -0.3 is 15.7 Å². The van der Waals surface area contributed by atoms with E-state index in [9.17, 15) is 14.7 Å². The van der Waals surface area contributed by atoms with Crippen LogP contribution in [0.4, 0.5) is 5.69 Å². The summed E-state index contributed by atoms with van der Waals surface area (Å²) in [5, 5.41) is 15.0. The van der Waals surface area contributed by atoms with Crippen LogP contribution >= 0.6 is 0 Å². The zero-order valence-electron chi connectivity index (χ0n) is 13.9. The van der Waals surface area contributed by atoms with Gasteiger partial charge in [-0.1, -0.05) is 30.3 Å². The normalized spacial score (nSPS) is 14.6. The van der Waals surface area contributed by atoms with Crippen molar-refractivity contribution in [1.82, 2.24) is 5.32 Å². The third kappa shape index (κ3) is 4.45. The molecular formula is C20H22N2O3. The number of rotatable bonds is 7. The number of hydrogen-bond donors (Lipinski definition) is 3. The first-order valence-corrected chi connectivity index (χ1v) is 8.56. The summed E-state index contributed by atoms with van der Waals surface area (Å²) in [6.45, 7) is 0.0494. The lowest BCUT2D eigenvalue weighted by Gasteiger charge is -2.18. The Morgan fingerprint density at radius 3 is 2.36 bits per heavy atom. The van der Waals surface area contributed by atoms with Crippen molar-refractivity contribution in [3.8, 4) is 0 Å². The number of nitrogens with one attached hydrogen (secondary N) is 2. The minimum absolute atomic E-state index is 0.0182. The molecule has 0 saturated heterocycles. The molecule has 1 unspecified atom stereocenters. The van der Waals surface area contributed by atoms with Crippen LogP contribution in [0, 0.1) is 5.92 Å². The van der Waals surface area contributed by atoms with Gasteiger partial charge in [0.05, 0.1) is 11.3 Å². The Balaban J connectivity index is 1.73. The van der Waals surface area contributed by atoms with Gasteiger partial charge >= 0.3 is 0 Å². The molecule has 0 spiro atoms. The number of aliphatic hydroxyl groups excluding tert-OH is 1. The summed E-state index contributed by atoms with van der Waals surface area (Å²) in [5.41, 5.74) is 1.44. The maximum Gasteiger partial charge on any atom is 0.255 e. The molecule has 0 bridgehead atoms. The molecule has 2 aromatic rings. The summed E-state index contributed by atoms with van der Waals surface area (Å²) in [6, 6.07) is 15.8. The van der Waals surface area contributed by atoms with E-state index >= 15 is 0 Å². The van der Waals surface area contributed by atoms with Crippen LogP contribution < -0.4 is 10.6 Å². The standard InChI is InChI=1S/C20H22N2O3/c23-13-12-17(14-10-11-14)21-20(25)16-8-4-5-9-18(16)22-19(24)15-6-2-1-3-7-15/h1-9,14,17,23H,10-13H2,(H,21,25)(H,22,24). The second kappa shape index (κ2) is 7.94. The number of carbonyl (C=O) groups is 2. The molecule has 5 nitrogen and oxygen atoms in total. The van der Waals surface area contributed by atoms with Gasteiger partial charge in [-0.3, -0.25) is 9.59 Å². The first kappa shape index (κ1) is 17.2. The van der Waals surface area contributed by atoms with E-state index in [2.05, 4.69) is 10.6 Å². The second-order valence-electron chi connectivity index (χ2n) is 6.30. The molecule has 0 heterocycles. The molecule has 25 heavy (non-hydrogen) atoms. The minimum Gasteiger partial charge on any atom is -0.396 e. The van der Waals surface area contributed by atoms with Crippen LogP contribution in [0.3, 0.4) is 0 Å². The second-order valence-corrected chi connectivity index (χ2v) is 6.30. The van der Waals surface area contributed by atoms with Crippen LogP contribution in [0.5, 0.6) is 0 Å². The quantitative estimate of drug-likeness (QED) is 0.726. The van der Waals surface area contributed by atoms with Crippen molar-refractivity contribution in [3.05, 3.63) is 65.7 Å². The van der Waals surface area contributed by atoms with Crippen molar-refractivity contribution in [3.63, 3.8) is 0 Å². The third-order valence-electron chi connectivity index (χ3n) is 4.40. The molecule has 5 heteroatoms. The van der Waals surface area contributed by atoms with Crippen LogP contribution in [0.1, 0.15) is 40.0 Å². The van der Waals surface area contributed by atoms with Crippen LogP contribution in [-0.4, -0.2) is 29.6 Å². The molecule has 1 saturated carbocycles. The predicted molar refractivity (Wildman–Crippen MR) is 96.5 cm³/mol. The monoisotopic (exact) mass is 338 g/mol. The van der Waals surface area contributed by atoms with E-state index in [0.29, 0.717) is 29.2 Å². The molecule has 0 radical (unpaired) electrons. The smallest absolute Gasteiger partial charge is 0.255 e. The van der Waals surface area contributed by atoms with Gasteiger partial charge in [-0.25, -0.2) is 0 Å². The van der Waals surface area contributed by atoms with Gasteiger partial charge in [0.25, 0.3) is 11.8 Å². The highest BCUT2D eigenvalue weighted by atomic mass is 16.3. The van der Waals surface area contributed by atoms with Crippen LogP contribution in [0.15, 0.2) is 54.6 Å². The van der Waals surface area contributed by atoms with Gasteiger partial charge in [0.2, 0.25) is 0 Å². The van der Waals surface area contributed by atoms with E-state index in [1.807, 2.05) is 6.07 Å². The van der Waals surface area contributed by atoms with Gasteiger partial charge in [0.1, 0.15) is 0 Å². The fourth-order valence-corrected chi connectivity index (χ4v) is 2.88. The molecule has 1 aliphatic rings. The molecule has 2 aromatic carbocycles. The van der Waals surface area contributed by atoms with Gasteiger partial charge in [-0.15, -0.1) is 0 Å². The number of anilines is 1. The number of amides is 2. The lowest BCUT2D eigenvalue weighted by Crippen LogP contribution is -2.37. The first-order valence-electron chi connectivity index (χ1n) is 8.56. The van der Waals surface area contributed by atoms with Crippen LogP contribution in [0.2, 0.25) is 0 Å². The highest BCUT2D eigenvalue weighted by Crippen LogP contribution is 2.34. The molecule has 1 atom stereocenters. The zero-order chi connectivity index (χ0) is 17.6. The molecule has 130 valence electrons. The van der Waals surface area contributed by atoms with E-state index in [0.717, 1.165) is 12.8 Å². The summed E-state index contributed by atoms with van der Waals surface area (Å²) in [5.74, 6) is -0.0357. The van der Waals surface area contributed by atoms with E-state index in [1.165, 1.54) is 0 Å². The first-order chi connectivity index (χ1) is 12.2. The van der Waals surface area contributed by atoms with E-state index in [1.54, 1.807) is 48.5 Å². The number of para-hydroxylation sites is 1. The average Bonchev–Trinajstić information content (AvgIpc) is 3.47. The van der Waals surface area contributed by atoms with Crippen molar-refractivity contribution < 1.29 is 14.7 Å². The molecule has 0 aromatic heterocycles. The van der Waals surface area contributed by atoms with E-state index < -0.39 is 0 Å². The highest BCUT2D eigenvalue weighted by molar-refractivity contribution is 6.09. The number of hydrogen-bond acceptors (Lipinski definition) is 3. The van der Waals surface area contributed by atoms with Crippen molar-refractivity contribution in [2.75, 3.05) is 11.9 Å². The van der Waals surface area contributed by atoms with Crippen LogP contribution in [-0.2, 0) is 0 Å². The SMILES string of the molecule is O=C(Nc1ccccc1C(=O)NC(CCO)C1CC1)c1ccccc1. The van der Waals surface area contributed by atoms with Gasteiger partial charge in [0.15, 0.2) is 0 Å². The molecule has 2 amide bonds. The number of aliphatic hydroxyl groups is 1. The Hall–Kier alpha value is -2.66. The summed E-state index contributed by atoms with van der Waals surface area (Å²) in [6.07, 6.45) is 2.71. The van der Waals surface area contributed by atoms with Crippen LogP contribution in [0.25, 0.3) is 0 Å². The molecule has 1 fully saturated rings. The van der Waals surface area contributed by atoms with Crippen molar-refractivity contribution in [1.29, 1.82) is 0 Å². The van der Waals surface area contributed by atoms with Gasteiger partial charge in [-0.05, 0) is 49.4 Å².